The molecule has 0 saturated carbocycles. The van der Waals surface area contributed by atoms with Crippen LogP contribution >= 0.6 is 11.6 Å². The van der Waals surface area contributed by atoms with Crippen molar-refractivity contribution in [1.82, 2.24) is 5.43 Å². The van der Waals surface area contributed by atoms with E-state index in [-0.39, 0.29) is 17.6 Å². The normalized spacial score (nSPS) is 12.2. The van der Waals surface area contributed by atoms with Crippen LogP contribution in [-0.4, -0.2) is 7.11 Å². The van der Waals surface area contributed by atoms with Crippen LogP contribution in [0.5, 0.6) is 5.75 Å². The van der Waals surface area contributed by atoms with Crippen molar-refractivity contribution in [2.24, 2.45) is 5.84 Å². The molecule has 0 saturated heterocycles. The van der Waals surface area contributed by atoms with Crippen molar-refractivity contribution in [1.29, 1.82) is 0 Å². The monoisotopic (exact) mass is 308 g/mol. The van der Waals surface area contributed by atoms with E-state index < -0.39 is 0 Å². The number of nitrogens with two attached hydrogens (primary N) is 1. The van der Waals surface area contributed by atoms with E-state index in [0.29, 0.717) is 17.0 Å². The van der Waals surface area contributed by atoms with Crippen LogP contribution in [-0.2, 0) is 6.42 Å². The average molecular weight is 309 g/mol. The van der Waals surface area contributed by atoms with Crippen LogP contribution in [0.3, 0.4) is 0 Å². The number of rotatable bonds is 5. The highest BCUT2D eigenvalue weighted by atomic mass is 35.5. The Morgan fingerprint density at radius 3 is 2.71 bits per heavy atom. The summed E-state index contributed by atoms with van der Waals surface area (Å²) in [6.45, 7) is 1.92. The van der Waals surface area contributed by atoms with E-state index in [0.717, 1.165) is 11.1 Å². The number of hydrogen-bond acceptors (Lipinski definition) is 3. The fraction of sp³-hybridized carbons (Fsp3) is 0.250. The second-order valence-electron chi connectivity index (χ2n) is 4.87. The summed E-state index contributed by atoms with van der Waals surface area (Å²) < 4.78 is 19.2. The zero-order chi connectivity index (χ0) is 15.4. The minimum atomic E-state index is -0.356. The zero-order valence-electron chi connectivity index (χ0n) is 12.0. The first-order chi connectivity index (χ1) is 10.1. The van der Waals surface area contributed by atoms with Crippen LogP contribution in [0.4, 0.5) is 4.39 Å². The predicted octanol–water partition coefficient (Wildman–Crippen LogP) is 3.54. The van der Waals surface area contributed by atoms with Gasteiger partial charge >= 0.3 is 0 Å². The largest absolute Gasteiger partial charge is 0.494 e. The Labute approximate surface area is 128 Å². The van der Waals surface area contributed by atoms with E-state index in [1.165, 1.54) is 7.11 Å². The molecule has 5 heteroatoms. The van der Waals surface area contributed by atoms with Gasteiger partial charge in [0.25, 0.3) is 0 Å². The summed E-state index contributed by atoms with van der Waals surface area (Å²) in [5.74, 6) is 5.50. The Hall–Kier alpha value is -1.62. The third kappa shape index (κ3) is 3.53. The van der Waals surface area contributed by atoms with Gasteiger partial charge in [0.05, 0.1) is 13.2 Å². The minimum Gasteiger partial charge on any atom is -0.494 e. The van der Waals surface area contributed by atoms with Gasteiger partial charge in [-0.3, -0.25) is 11.3 Å². The lowest BCUT2D eigenvalue weighted by atomic mass is 9.97. The predicted molar refractivity (Wildman–Crippen MR) is 82.9 cm³/mol. The highest BCUT2D eigenvalue weighted by Gasteiger charge is 2.16. The lowest BCUT2D eigenvalue weighted by Gasteiger charge is -2.18. The van der Waals surface area contributed by atoms with Gasteiger partial charge < -0.3 is 4.74 Å². The maximum atomic E-state index is 14.2. The second kappa shape index (κ2) is 6.89. The highest BCUT2D eigenvalue weighted by molar-refractivity contribution is 6.31. The van der Waals surface area contributed by atoms with Crippen molar-refractivity contribution >= 4 is 11.6 Å². The van der Waals surface area contributed by atoms with Gasteiger partial charge in [-0.25, -0.2) is 4.39 Å². The summed E-state index contributed by atoms with van der Waals surface area (Å²) in [5.41, 5.74) is 5.19. The summed E-state index contributed by atoms with van der Waals surface area (Å²) in [6, 6.07) is 10.5. The van der Waals surface area contributed by atoms with E-state index in [4.69, 9.17) is 22.2 Å². The van der Waals surface area contributed by atoms with Crippen molar-refractivity contribution < 1.29 is 9.13 Å². The average Bonchev–Trinajstić information content (AvgIpc) is 2.49. The fourth-order valence-electron chi connectivity index (χ4n) is 2.25. The third-order valence-electron chi connectivity index (χ3n) is 3.47. The third-order valence-corrected chi connectivity index (χ3v) is 3.90. The molecule has 3 nitrogen and oxygen atoms in total. The molecular weight excluding hydrogens is 291 g/mol. The van der Waals surface area contributed by atoms with Gasteiger partial charge in [0.2, 0.25) is 0 Å². The van der Waals surface area contributed by atoms with E-state index >= 15 is 0 Å². The van der Waals surface area contributed by atoms with Crippen LogP contribution in [0.2, 0.25) is 5.02 Å². The summed E-state index contributed by atoms with van der Waals surface area (Å²) >= 11 is 6.03. The second-order valence-corrected chi connectivity index (χ2v) is 5.27. The topological polar surface area (TPSA) is 47.3 Å². The van der Waals surface area contributed by atoms with E-state index in [1.807, 2.05) is 25.1 Å². The standard InChI is InChI=1S/C16H18ClFN2O/c1-10-8-11(6-7-13(10)17)14(20-19)9-12-4-3-5-15(21-2)16(12)18/h3-8,14,20H,9,19H2,1-2H3. The minimum absolute atomic E-state index is 0.206. The summed E-state index contributed by atoms with van der Waals surface area (Å²) in [6.07, 6.45) is 0.417. The number of ether oxygens (including phenoxy) is 1. The van der Waals surface area contributed by atoms with E-state index in [2.05, 4.69) is 5.43 Å². The molecule has 2 aromatic rings. The number of halogens is 2. The molecule has 0 aliphatic carbocycles. The zero-order valence-corrected chi connectivity index (χ0v) is 12.7. The van der Waals surface area contributed by atoms with Crippen LogP contribution in [0.15, 0.2) is 36.4 Å². The number of nitrogens with one attached hydrogen (secondary N) is 1. The number of aryl methyl sites for hydroxylation is 1. The van der Waals surface area contributed by atoms with Crippen LogP contribution in [0.1, 0.15) is 22.7 Å². The van der Waals surface area contributed by atoms with Gasteiger partial charge in [-0.15, -0.1) is 0 Å². The van der Waals surface area contributed by atoms with Crippen LogP contribution in [0, 0.1) is 12.7 Å². The van der Waals surface area contributed by atoms with Crippen molar-refractivity contribution in [3.63, 3.8) is 0 Å². The van der Waals surface area contributed by atoms with Crippen LogP contribution in [0.25, 0.3) is 0 Å². The van der Waals surface area contributed by atoms with Gasteiger partial charge in [0.15, 0.2) is 11.6 Å². The number of methoxy groups -OCH3 is 1. The highest BCUT2D eigenvalue weighted by Crippen LogP contribution is 2.26. The van der Waals surface area contributed by atoms with E-state index in [1.54, 1.807) is 18.2 Å². The Kier molecular flexibility index (Phi) is 5.17. The van der Waals surface area contributed by atoms with Gasteiger partial charge in [0.1, 0.15) is 0 Å². The lowest BCUT2D eigenvalue weighted by molar-refractivity contribution is 0.382. The Morgan fingerprint density at radius 2 is 2.10 bits per heavy atom. The molecule has 0 aliphatic heterocycles. The summed E-state index contributed by atoms with van der Waals surface area (Å²) in [7, 11) is 1.45. The summed E-state index contributed by atoms with van der Waals surface area (Å²) in [5, 5.41) is 0.696. The molecule has 2 aromatic carbocycles. The van der Waals surface area contributed by atoms with E-state index in [9.17, 15) is 4.39 Å². The van der Waals surface area contributed by atoms with Gasteiger partial charge in [0, 0.05) is 5.02 Å². The molecule has 0 aromatic heterocycles. The molecule has 21 heavy (non-hydrogen) atoms. The fourth-order valence-corrected chi connectivity index (χ4v) is 2.37. The first-order valence-corrected chi connectivity index (χ1v) is 6.98. The first kappa shape index (κ1) is 15.8. The lowest BCUT2D eigenvalue weighted by Crippen LogP contribution is -2.29. The Balaban J connectivity index is 2.29. The maximum absolute atomic E-state index is 14.2. The SMILES string of the molecule is COc1cccc(CC(NN)c2ccc(Cl)c(C)c2)c1F. The molecular formula is C16H18ClFN2O. The molecule has 0 amide bonds. The van der Waals surface area contributed by atoms with Crippen molar-refractivity contribution in [2.75, 3.05) is 7.11 Å². The summed E-state index contributed by atoms with van der Waals surface area (Å²) in [4.78, 5) is 0. The smallest absolute Gasteiger partial charge is 0.168 e. The first-order valence-electron chi connectivity index (χ1n) is 6.60. The Morgan fingerprint density at radius 1 is 1.33 bits per heavy atom. The molecule has 112 valence electrons. The van der Waals surface area contributed by atoms with Crippen molar-refractivity contribution in [3.05, 3.63) is 63.9 Å². The van der Waals surface area contributed by atoms with Crippen molar-refractivity contribution in [2.45, 2.75) is 19.4 Å². The molecule has 2 rings (SSSR count). The maximum Gasteiger partial charge on any atom is 0.168 e. The quantitative estimate of drug-likeness (QED) is 0.656. The molecule has 0 heterocycles. The number of hydrogen-bond donors (Lipinski definition) is 2. The van der Waals surface area contributed by atoms with Gasteiger partial charge in [-0.1, -0.05) is 35.9 Å². The van der Waals surface area contributed by atoms with Gasteiger partial charge in [-0.2, -0.15) is 0 Å². The number of benzene rings is 2. The van der Waals surface area contributed by atoms with Crippen LogP contribution < -0.4 is 16.0 Å². The molecule has 1 atom stereocenters. The van der Waals surface area contributed by atoms with Crippen molar-refractivity contribution in [3.8, 4) is 5.75 Å². The van der Waals surface area contributed by atoms with Gasteiger partial charge in [-0.05, 0) is 42.2 Å². The number of hydrazine groups is 1. The molecule has 1 unspecified atom stereocenters. The molecule has 0 bridgehead atoms. The Bertz CT molecular complexity index is 634. The molecule has 0 fully saturated rings. The molecule has 3 N–H and O–H groups in total. The molecule has 0 radical (unpaired) electrons. The molecule has 0 spiro atoms. The molecule has 0 aliphatic rings.